The van der Waals surface area contributed by atoms with Crippen molar-refractivity contribution >= 4 is 11.6 Å². The fourth-order valence-corrected chi connectivity index (χ4v) is 2.63. The first-order valence-electron chi connectivity index (χ1n) is 7.37. The minimum absolute atomic E-state index is 0.623. The minimum atomic E-state index is 0.623. The van der Waals surface area contributed by atoms with Crippen LogP contribution in [0, 0.1) is 6.92 Å². The number of nitrogens with one attached hydrogen (secondary N) is 1. The van der Waals surface area contributed by atoms with Crippen LogP contribution in [0.25, 0.3) is 28.3 Å². The predicted molar refractivity (Wildman–Crippen MR) is 91.9 cm³/mol. The lowest BCUT2D eigenvalue weighted by atomic mass is 10.1. The molecule has 0 saturated carbocycles. The lowest BCUT2D eigenvalue weighted by Crippen LogP contribution is -2.00. The molecule has 0 radical (unpaired) electrons. The summed E-state index contributed by atoms with van der Waals surface area (Å²) in [6.07, 6.45) is 1.72. The Bertz CT molecular complexity index is 887. The van der Waals surface area contributed by atoms with E-state index in [1.165, 1.54) is 5.56 Å². The maximum atomic E-state index is 5.97. The molecule has 6 nitrogen and oxygen atoms in total. The van der Waals surface area contributed by atoms with E-state index in [1.807, 2.05) is 55.5 Å². The van der Waals surface area contributed by atoms with Gasteiger partial charge in [0.15, 0.2) is 5.82 Å². The van der Waals surface area contributed by atoms with Gasteiger partial charge in [0.2, 0.25) is 0 Å². The van der Waals surface area contributed by atoms with E-state index in [1.54, 1.807) is 10.9 Å². The molecular formula is C17H13ClN6. The Morgan fingerprint density at radius 3 is 2.50 bits per heavy atom. The van der Waals surface area contributed by atoms with Crippen LogP contribution in [0.1, 0.15) is 5.56 Å². The van der Waals surface area contributed by atoms with Crippen LogP contribution >= 0.6 is 11.6 Å². The molecule has 0 amide bonds. The number of rotatable bonds is 3. The molecule has 0 unspecified atom stereocenters. The van der Waals surface area contributed by atoms with Crippen LogP contribution in [-0.2, 0) is 0 Å². The summed E-state index contributed by atoms with van der Waals surface area (Å²) < 4.78 is 1.70. The normalized spacial score (nSPS) is 10.9. The van der Waals surface area contributed by atoms with Gasteiger partial charge in [-0.1, -0.05) is 41.4 Å². The molecule has 7 heteroatoms. The summed E-state index contributed by atoms with van der Waals surface area (Å²) in [5.41, 5.74) is 4.70. The molecule has 0 spiro atoms. The molecule has 0 aliphatic rings. The van der Waals surface area contributed by atoms with Gasteiger partial charge in [0.25, 0.3) is 0 Å². The van der Waals surface area contributed by atoms with Crippen LogP contribution < -0.4 is 0 Å². The number of hydrogen-bond acceptors (Lipinski definition) is 4. The molecule has 2 aromatic heterocycles. The van der Waals surface area contributed by atoms with Crippen molar-refractivity contribution in [2.45, 2.75) is 6.92 Å². The summed E-state index contributed by atoms with van der Waals surface area (Å²) in [4.78, 5) is 0. The van der Waals surface area contributed by atoms with Gasteiger partial charge >= 0.3 is 0 Å². The Morgan fingerprint density at radius 2 is 1.75 bits per heavy atom. The molecule has 0 bridgehead atoms. The smallest absolute Gasteiger partial charge is 0.190 e. The predicted octanol–water partition coefficient (Wildman–Crippen LogP) is 3.68. The highest BCUT2D eigenvalue weighted by Gasteiger charge is 2.17. The summed E-state index contributed by atoms with van der Waals surface area (Å²) in [6, 6.07) is 15.6. The number of aromatic nitrogens is 6. The molecule has 0 aliphatic heterocycles. The van der Waals surface area contributed by atoms with Gasteiger partial charge < -0.3 is 0 Å². The number of hydrogen-bond donors (Lipinski definition) is 1. The molecular weight excluding hydrogens is 324 g/mol. The fourth-order valence-electron chi connectivity index (χ4n) is 2.51. The van der Waals surface area contributed by atoms with Crippen molar-refractivity contribution in [1.82, 2.24) is 30.4 Å². The Balaban J connectivity index is 1.82. The maximum Gasteiger partial charge on any atom is 0.190 e. The van der Waals surface area contributed by atoms with Gasteiger partial charge in [0.1, 0.15) is 0 Å². The third-order valence-electron chi connectivity index (χ3n) is 3.76. The SMILES string of the molecule is Cc1ccc(-n2nnnc2-c2cn[nH]c2-c2ccc(Cl)cc2)cc1. The van der Waals surface area contributed by atoms with Crippen molar-refractivity contribution in [3.05, 3.63) is 65.3 Å². The van der Waals surface area contributed by atoms with Gasteiger partial charge in [-0.3, -0.25) is 5.10 Å². The lowest BCUT2D eigenvalue weighted by molar-refractivity contribution is 0.791. The zero-order valence-electron chi connectivity index (χ0n) is 12.8. The second-order valence-electron chi connectivity index (χ2n) is 5.42. The lowest BCUT2D eigenvalue weighted by Gasteiger charge is -2.06. The zero-order chi connectivity index (χ0) is 16.5. The van der Waals surface area contributed by atoms with Crippen molar-refractivity contribution < 1.29 is 0 Å². The van der Waals surface area contributed by atoms with E-state index in [0.717, 1.165) is 22.5 Å². The number of halogens is 1. The van der Waals surface area contributed by atoms with E-state index in [2.05, 4.69) is 25.7 Å². The average Bonchev–Trinajstić information content (AvgIpc) is 3.25. The van der Waals surface area contributed by atoms with E-state index in [4.69, 9.17) is 11.6 Å². The minimum Gasteiger partial charge on any atom is -0.277 e. The molecule has 1 N–H and O–H groups in total. The van der Waals surface area contributed by atoms with Gasteiger partial charge in [0.05, 0.1) is 23.1 Å². The highest BCUT2D eigenvalue weighted by Crippen LogP contribution is 2.30. The molecule has 24 heavy (non-hydrogen) atoms. The second kappa shape index (κ2) is 5.90. The second-order valence-corrected chi connectivity index (χ2v) is 5.85. The van der Waals surface area contributed by atoms with E-state index >= 15 is 0 Å². The Kier molecular flexibility index (Phi) is 3.59. The summed E-state index contributed by atoms with van der Waals surface area (Å²) in [5, 5.41) is 20.0. The van der Waals surface area contributed by atoms with Gasteiger partial charge in [0, 0.05) is 10.6 Å². The Labute approximate surface area is 143 Å². The van der Waals surface area contributed by atoms with Crippen LogP contribution in [0.2, 0.25) is 5.02 Å². The topological polar surface area (TPSA) is 72.3 Å². The van der Waals surface area contributed by atoms with Gasteiger partial charge in [-0.2, -0.15) is 9.78 Å². The van der Waals surface area contributed by atoms with Gasteiger partial charge in [-0.05, 0) is 41.6 Å². The number of nitrogens with zero attached hydrogens (tertiary/aromatic N) is 5. The highest BCUT2D eigenvalue weighted by molar-refractivity contribution is 6.30. The standard InChI is InChI=1S/C17H13ClN6/c1-11-2-8-14(9-3-11)24-17(21-22-23-24)15-10-19-20-16(15)12-4-6-13(18)7-5-12/h2-10H,1H3,(H,19,20). The highest BCUT2D eigenvalue weighted by atomic mass is 35.5. The first-order chi connectivity index (χ1) is 11.7. The van der Waals surface area contributed by atoms with Crippen LogP contribution in [0.5, 0.6) is 0 Å². The van der Waals surface area contributed by atoms with Crippen LogP contribution in [-0.4, -0.2) is 30.4 Å². The molecule has 0 fully saturated rings. The number of benzene rings is 2. The number of aryl methyl sites for hydroxylation is 1. The monoisotopic (exact) mass is 336 g/mol. The van der Waals surface area contributed by atoms with E-state index < -0.39 is 0 Å². The summed E-state index contributed by atoms with van der Waals surface area (Å²) >= 11 is 5.97. The van der Waals surface area contributed by atoms with Crippen LogP contribution in [0.4, 0.5) is 0 Å². The zero-order valence-corrected chi connectivity index (χ0v) is 13.6. The van der Waals surface area contributed by atoms with Gasteiger partial charge in [-0.25, -0.2) is 0 Å². The Hall–Kier alpha value is -2.99. The number of aromatic amines is 1. The molecule has 0 atom stereocenters. The van der Waals surface area contributed by atoms with Crippen molar-refractivity contribution in [2.75, 3.05) is 0 Å². The van der Waals surface area contributed by atoms with Crippen molar-refractivity contribution in [3.63, 3.8) is 0 Å². The maximum absolute atomic E-state index is 5.97. The molecule has 0 aliphatic carbocycles. The first-order valence-corrected chi connectivity index (χ1v) is 7.75. The largest absolute Gasteiger partial charge is 0.277 e. The summed E-state index contributed by atoms with van der Waals surface area (Å²) in [7, 11) is 0. The third kappa shape index (κ3) is 2.57. The van der Waals surface area contributed by atoms with E-state index in [-0.39, 0.29) is 0 Å². The van der Waals surface area contributed by atoms with Crippen LogP contribution in [0.3, 0.4) is 0 Å². The van der Waals surface area contributed by atoms with Crippen LogP contribution in [0.15, 0.2) is 54.7 Å². The molecule has 118 valence electrons. The summed E-state index contributed by atoms with van der Waals surface area (Å²) in [5.74, 6) is 0.623. The van der Waals surface area contributed by atoms with Crippen molar-refractivity contribution in [1.29, 1.82) is 0 Å². The molecule has 4 rings (SSSR count). The molecule has 2 aromatic carbocycles. The van der Waals surface area contributed by atoms with Crippen molar-refractivity contribution in [2.24, 2.45) is 0 Å². The quantitative estimate of drug-likeness (QED) is 0.619. The van der Waals surface area contributed by atoms with Gasteiger partial charge in [-0.15, -0.1) is 5.10 Å². The molecule has 2 heterocycles. The number of tetrazole rings is 1. The fraction of sp³-hybridized carbons (Fsp3) is 0.0588. The average molecular weight is 337 g/mol. The van der Waals surface area contributed by atoms with Crippen molar-refractivity contribution in [3.8, 4) is 28.3 Å². The van der Waals surface area contributed by atoms with E-state index in [0.29, 0.717) is 10.8 Å². The molecule has 0 saturated heterocycles. The van der Waals surface area contributed by atoms with E-state index in [9.17, 15) is 0 Å². The summed E-state index contributed by atoms with van der Waals surface area (Å²) in [6.45, 7) is 2.04. The Morgan fingerprint density at radius 1 is 1.00 bits per heavy atom. The first kappa shape index (κ1) is 14.6. The molecule has 4 aromatic rings. The number of H-pyrrole nitrogens is 1. The third-order valence-corrected chi connectivity index (χ3v) is 4.01.